The summed E-state index contributed by atoms with van der Waals surface area (Å²) in [5, 5.41) is 44.4. The molecule has 0 saturated carbocycles. The van der Waals surface area contributed by atoms with E-state index in [4.69, 9.17) is 9.84 Å². The number of benzene rings is 1. The zero-order valence-electron chi connectivity index (χ0n) is 21.1. The van der Waals surface area contributed by atoms with Gasteiger partial charge in [-0.2, -0.15) is 0 Å². The van der Waals surface area contributed by atoms with Crippen molar-refractivity contribution in [3.8, 4) is 0 Å². The second-order valence-electron chi connectivity index (χ2n) is 10.1. The summed E-state index contributed by atoms with van der Waals surface area (Å²) >= 11 is 0. The highest BCUT2D eigenvalue weighted by molar-refractivity contribution is 5.89. The van der Waals surface area contributed by atoms with Crippen molar-refractivity contribution in [2.45, 2.75) is 50.4 Å². The summed E-state index contributed by atoms with van der Waals surface area (Å²) < 4.78 is 19.9. The van der Waals surface area contributed by atoms with Crippen LogP contribution in [0.25, 0.3) is 0 Å². The minimum atomic E-state index is -1.36. The number of halogens is 1. The van der Waals surface area contributed by atoms with Gasteiger partial charge in [-0.05, 0) is 62.4 Å². The van der Waals surface area contributed by atoms with Crippen LogP contribution >= 0.6 is 0 Å². The van der Waals surface area contributed by atoms with Crippen LogP contribution < -0.4 is 10.6 Å². The van der Waals surface area contributed by atoms with Crippen LogP contribution in [0.4, 0.5) is 4.39 Å². The van der Waals surface area contributed by atoms with E-state index in [0.717, 1.165) is 38.4 Å². The quantitative estimate of drug-likeness (QED) is 0.175. The van der Waals surface area contributed by atoms with Crippen LogP contribution in [-0.4, -0.2) is 108 Å². The minimum absolute atomic E-state index is 0.0238. The van der Waals surface area contributed by atoms with Crippen LogP contribution in [0.3, 0.4) is 0 Å². The fourth-order valence-corrected chi connectivity index (χ4v) is 4.68. The molecule has 208 valence electrons. The Bertz CT molecular complexity index is 878. The Balaban J connectivity index is 1.34. The number of carbonyl (C=O) groups is 2. The molecule has 1 aromatic rings. The van der Waals surface area contributed by atoms with Crippen molar-refractivity contribution in [1.82, 2.24) is 15.5 Å². The third kappa shape index (κ3) is 8.98. The van der Waals surface area contributed by atoms with Crippen molar-refractivity contribution < 1.29 is 39.1 Å². The summed E-state index contributed by atoms with van der Waals surface area (Å²) in [6.07, 6.45) is -0.956. The summed E-state index contributed by atoms with van der Waals surface area (Å²) in [4.78, 5) is 26.4. The molecule has 2 heterocycles. The standard InChI is InChI=1S/C26H40FN3O7/c27-21-11-20(26(36)37-10-6-17-3-7-28-8-4-17)2-1-19(21)12-24(34)30-15-18(16-30)13-29-14-23(33)25(35)22(32)5-9-31/h1-2,11,17-18,22-23,25,28-29,31-33,35H,3-10,12-16H2/t22-,23+,25+/m1/s1. The van der Waals surface area contributed by atoms with E-state index in [2.05, 4.69) is 10.6 Å². The summed E-state index contributed by atoms with van der Waals surface area (Å²) in [6.45, 7) is 3.52. The molecule has 0 radical (unpaired) electrons. The van der Waals surface area contributed by atoms with Crippen LogP contribution in [-0.2, 0) is 16.0 Å². The molecule has 1 amide bonds. The van der Waals surface area contributed by atoms with E-state index in [1.54, 1.807) is 4.90 Å². The fourth-order valence-electron chi connectivity index (χ4n) is 4.68. The second kappa shape index (κ2) is 14.7. The van der Waals surface area contributed by atoms with Gasteiger partial charge in [-0.25, -0.2) is 9.18 Å². The Labute approximate surface area is 216 Å². The third-order valence-corrected chi connectivity index (χ3v) is 7.16. The van der Waals surface area contributed by atoms with Gasteiger partial charge in [0, 0.05) is 38.7 Å². The lowest BCUT2D eigenvalue weighted by molar-refractivity contribution is -0.136. The highest BCUT2D eigenvalue weighted by atomic mass is 19.1. The Morgan fingerprint density at radius 2 is 1.86 bits per heavy atom. The number of nitrogens with one attached hydrogen (secondary N) is 2. The average Bonchev–Trinajstić information content (AvgIpc) is 2.86. The number of piperidine rings is 1. The highest BCUT2D eigenvalue weighted by Gasteiger charge is 2.31. The molecule has 0 spiro atoms. The first kappa shape index (κ1) is 29.4. The number of esters is 1. The number of rotatable bonds is 14. The van der Waals surface area contributed by atoms with Gasteiger partial charge in [0.1, 0.15) is 11.9 Å². The van der Waals surface area contributed by atoms with Gasteiger partial charge in [-0.15, -0.1) is 0 Å². The Morgan fingerprint density at radius 3 is 2.54 bits per heavy atom. The van der Waals surface area contributed by atoms with Crippen LogP contribution in [0.2, 0.25) is 0 Å². The third-order valence-electron chi connectivity index (χ3n) is 7.16. The summed E-state index contributed by atoms with van der Waals surface area (Å²) in [6, 6.07) is 4.06. The van der Waals surface area contributed by atoms with Crippen molar-refractivity contribution in [1.29, 1.82) is 0 Å². The molecule has 2 aliphatic rings. The summed E-state index contributed by atoms with van der Waals surface area (Å²) in [7, 11) is 0. The van der Waals surface area contributed by atoms with Crippen LogP contribution in [0.5, 0.6) is 0 Å². The van der Waals surface area contributed by atoms with Crippen molar-refractivity contribution in [2.24, 2.45) is 11.8 Å². The van der Waals surface area contributed by atoms with E-state index >= 15 is 0 Å². The van der Waals surface area contributed by atoms with E-state index < -0.39 is 30.1 Å². The molecule has 0 bridgehead atoms. The van der Waals surface area contributed by atoms with Gasteiger partial charge in [-0.3, -0.25) is 4.79 Å². The van der Waals surface area contributed by atoms with Gasteiger partial charge in [0.2, 0.25) is 5.91 Å². The predicted octanol–water partition coefficient (Wildman–Crippen LogP) is -0.572. The summed E-state index contributed by atoms with van der Waals surface area (Å²) in [5.74, 6) is -0.704. The van der Waals surface area contributed by atoms with Crippen molar-refractivity contribution >= 4 is 11.9 Å². The topological polar surface area (TPSA) is 152 Å². The number of amides is 1. The lowest BCUT2D eigenvalue weighted by atomic mass is 9.95. The first-order valence-electron chi connectivity index (χ1n) is 13.1. The molecule has 2 fully saturated rings. The van der Waals surface area contributed by atoms with Gasteiger partial charge < -0.3 is 40.7 Å². The maximum atomic E-state index is 14.6. The number of hydrogen-bond donors (Lipinski definition) is 6. The highest BCUT2D eigenvalue weighted by Crippen LogP contribution is 2.20. The zero-order valence-corrected chi connectivity index (χ0v) is 21.1. The average molecular weight is 526 g/mol. The number of carbonyl (C=O) groups excluding carboxylic acids is 2. The first-order chi connectivity index (χ1) is 17.8. The van der Waals surface area contributed by atoms with Gasteiger partial charge in [-0.1, -0.05) is 6.07 Å². The number of aliphatic hydroxyl groups is 4. The molecule has 3 rings (SSSR count). The monoisotopic (exact) mass is 525 g/mol. The molecule has 0 unspecified atom stereocenters. The maximum Gasteiger partial charge on any atom is 0.338 e. The molecule has 0 aromatic heterocycles. The Kier molecular flexibility index (Phi) is 11.7. The molecule has 1 aromatic carbocycles. The van der Waals surface area contributed by atoms with Gasteiger partial charge in [0.15, 0.2) is 0 Å². The molecule has 3 atom stereocenters. The molecule has 6 N–H and O–H groups in total. The van der Waals surface area contributed by atoms with E-state index in [-0.39, 0.29) is 48.9 Å². The molecule has 10 nitrogen and oxygen atoms in total. The van der Waals surface area contributed by atoms with Crippen LogP contribution in [0.15, 0.2) is 18.2 Å². The largest absolute Gasteiger partial charge is 0.462 e. The van der Waals surface area contributed by atoms with E-state index in [9.17, 15) is 29.3 Å². The van der Waals surface area contributed by atoms with Crippen LogP contribution in [0.1, 0.15) is 41.6 Å². The number of aliphatic hydroxyl groups excluding tert-OH is 4. The number of nitrogens with zero attached hydrogens (tertiary/aromatic N) is 1. The molecule has 2 aliphatic heterocycles. The first-order valence-corrected chi connectivity index (χ1v) is 13.1. The molecule has 0 aliphatic carbocycles. The normalized spacial score (nSPS) is 19.2. The van der Waals surface area contributed by atoms with Crippen molar-refractivity contribution in [3.05, 3.63) is 35.1 Å². The molecule has 2 saturated heterocycles. The smallest absolute Gasteiger partial charge is 0.338 e. The minimum Gasteiger partial charge on any atom is -0.462 e. The predicted molar refractivity (Wildman–Crippen MR) is 133 cm³/mol. The van der Waals surface area contributed by atoms with Crippen molar-refractivity contribution in [2.75, 3.05) is 52.5 Å². The SMILES string of the molecule is O=C(OCCC1CCNCC1)c1ccc(CC(=O)N2CC(CNC[C@H](O)[C@@H](O)[C@H](O)CCO)C2)c(F)c1. The van der Waals surface area contributed by atoms with E-state index in [1.165, 1.54) is 12.1 Å². The molecular weight excluding hydrogens is 485 g/mol. The van der Waals surface area contributed by atoms with Crippen molar-refractivity contribution in [3.63, 3.8) is 0 Å². The van der Waals surface area contributed by atoms with E-state index in [1.807, 2.05) is 0 Å². The lowest BCUT2D eigenvalue weighted by Gasteiger charge is -2.39. The van der Waals surface area contributed by atoms with Gasteiger partial charge in [0.05, 0.1) is 30.8 Å². The lowest BCUT2D eigenvalue weighted by Crippen LogP contribution is -2.54. The molecule has 37 heavy (non-hydrogen) atoms. The Morgan fingerprint density at radius 1 is 1.14 bits per heavy atom. The fraction of sp³-hybridized carbons (Fsp3) is 0.692. The summed E-state index contributed by atoms with van der Waals surface area (Å²) in [5.41, 5.74) is 0.349. The number of ether oxygens (including phenoxy) is 1. The number of likely N-dealkylation sites (tertiary alicyclic amines) is 1. The Hall–Kier alpha value is -2.15. The zero-order chi connectivity index (χ0) is 26.8. The molecule has 11 heteroatoms. The molecular formula is C26H40FN3O7. The maximum absolute atomic E-state index is 14.6. The van der Waals surface area contributed by atoms with E-state index in [0.29, 0.717) is 32.2 Å². The number of hydrogen-bond acceptors (Lipinski definition) is 9. The second-order valence-corrected chi connectivity index (χ2v) is 10.1. The van der Waals surface area contributed by atoms with Gasteiger partial charge in [0.25, 0.3) is 0 Å². The van der Waals surface area contributed by atoms with Gasteiger partial charge >= 0.3 is 5.97 Å². The van der Waals surface area contributed by atoms with Crippen LogP contribution in [0, 0.1) is 17.7 Å².